The van der Waals surface area contributed by atoms with Gasteiger partial charge >= 0.3 is 0 Å². The zero-order valence-corrected chi connectivity index (χ0v) is 26.7. The Labute approximate surface area is 258 Å². The predicted molar refractivity (Wildman–Crippen MR) is 174 cm³/mol. The Morgan fingerprint density at radius 2 is 1.83 bits per heavy atom. The molecule has 224 valence electrons. The highest BCUT2D eigenvalue weighted by Gasteiger charge is 2.56. The zero-order valence-electron chi connectivity index (χ0n) is 25.2. The van der Waals surface area contributed by atoms with Gasteiger partial charge in [0.1, 0.15) is 0 Å². The lowest BCUT2D eigenvalue weighted by Gasteiger charge is -2.61. The highest BCUT2D eigenvalue weighted by atomic mass is 35.5. The number of anilines is 1. The molecule has 3 saturated carbocycles. The number of guanidine groups is 1. The second-order valence-corrected chi connectivity index (χ2v) is 14.3. The third-order valence-corrected chi connectivity index (χ3v) is 10.9. The molecule has 2 N–H and O–H groups in total. The molecule has 6 atom stereocenters. The minimum atomic E-state index is -0.0527. The maximum Gasteiger partial charge on any atom is 0.261 e. The van der Waals surface area contributed by atoms with E-state index in [-0.39, 0.29) is 5.56 Å². The fourth-order valence-corrected chi connectivity index (χ4v) is 7.93. The van der Waals surface area contributed by atoms with Crippen molar-refractivity contribution < 1.29 is 0 Å². The first-order valence-electron chi connectivity index (χ1n) is 15.3. The first-order chi connectivity index (χ1) is 20.0. The number of aryl methyl sites for hydroxylation is 2. The number of rotatable bonds is 5. The van der Waals surface area contributed by atoms with Gasteiger partial charge in [0.05, 0.1) is 33.3 Å². The molecule has 42 heavy (non-hydrogen) atoms. The molecule has 7 rings (SSSR count). The first-order valence-corrected chi connectivity index (χ1v) is 16.0. The van der Waals surface area contributed by atoms with Crippen molar-refractivity contribution in [2.75, 3.05) is 18.4 Å². The van der Waals surface area contributed by atoms with Gasteiger partial charge in [0, 0.05) is 37.4 Å². The van der Waals surface area contributed by atoms with Crippen molar-refractivity contribution in [1.29, 1.82) is 0 Å². The van der Waals surface area contributed by atoms with Gasteiger partial charge in [-0.3, -0.25) is 9.36 Å². The lowest BCUT2D eigenvalue weighted by Crippen LogP contribution is -2.59. The predicted octanol–water partition coefficient (Wildman–Crippen LogP) is 6.47. The van der Waals surface area contributed by atoms with Crippen LogP contribution in [0.1, 0.15) is 53.0 Å². The second-order valence-electron chi connectivity index (χ2n) is 13.4. The molecule has 3 aliphatic carbocycles. The van der Waals surface area contributed by atoms with E-state index in [2.05, 4.69) is 55.1 Å². The Hall–Kier alpha value is -2.61. The van der Waals surface area contributed by atoms with Crippen LogP contribution in [-0.4, -0.2) is 51.6 Å². The molecule has 9 heteroatoms. The molecule has 1 aromatic heterocycles. The summed E-state index contributed by atoms with van der Waals surface area (Å²) < 4.78 is 1.66. The van der Waals surface area contributed by atoms with Crippen LogP contribution in [0.2, 0.25) is 10.0 Å². The van der Waals surface area contributed by atoms with Gasteiger partial charge in [0.2, 0.25) is 0 Å². The van der Waals surface area contributed by atoms with E-state index in [1.807, 2.05) is 30.3 Å². The zero-order chi connectivity index (χ0) is 29.8. The third kappa shape index (κ3) is 5.68. The third-order valence-electron chi connectivity index (χ3n) is 10.2. The smallest absolute Gasteiger partial charge is 0.261 e. The topological polar surface area (TPSA) is 74.5 Å². The van der Waals surface area contributed by atoms with Gasteiger partial charge in [-0.1, -0.05) is 50.0 Å². The summed E-state index contributed by atoms with van der Waals surface area (Å²) in [7, 11) is 0. The van der Waals surface area contributed by atoms with Gasteiger partial charge < -0.3 is 15.5 Å². The second kappa shape index (κ2) is 11.5. The maximum atomic E-state index is 13.3. The van der Waals surface area contributed by atoms with Gasteiger partial charge in [-0.05, 0) is 92.2 Å². The monoisotopic (exact) mass is 608 g/mol. The van der Waals surface area contributed by atoms with Crippen molar-refractivity contribution in [2.24, 2.45) is 28.2 Å². The number of aromatic nitrogens is 2. The van der Waals surface area contributed by atoms with Crippen molar-refractivity contribution in [1.82, 2.24) is 19.8 Å². The largest absolute Gasteiger partial charge is 0.340 e. The quantitative estimate of drug-likeness (QED) is 0.256. The maximum absolute atomic E-state index is 13.3. The van der Waals surface area contributed by atoms with Crippen molar-refractivity contribution >= 4 is 45.8 Å². The van der Waals surface area contributed by atoms with Crippen LogP contribution in [0.3, 0.4) is 0 Å². The van der Waals surface area contributed by atoms with Crippen LogP contribution >= 0.6 is 23.2 Å². The van der Waals surface area contributed by atoms with E-state index in [9.17, 15) is 4.79 Å². The number of halogens is 2. The van der Waals surface area contributed by atoms with E-state index < -0.39 is 0 Å². The Morgan fingerprint density at radius 3 is 2.52 bits per heavy atom. The Balaban J connectivity index is 1.24. The summed E-state index contributed by atoms with van der Waals surface area (Å²) in [6.07, 6.45) is 4.78. The average Bonchev–Trinajstić information content (AvgIpc) is 2.94. The summed E-state index contributed by atoms with van der Waals surface area (Å²) in [6, 6.07) is 12.4. The standard InChI is InChI=1S/C33H42Cl2N6O/c1-19-16-41(17-20(2)37-19)32(39-29-14-23-13-26(21(29)3)33(23,4)5)38-24-7-8-25-30(15-24)36-18-40(31(25)42)11-10-22-6-9-27(34)28(35)12-22/h6-9,12,15,18-21,23,26,29,37H,10-11,13-14,16-17H2,1-5H3,(H,38,39)/t19-,20+,21-,23?,26+,29-/m0/s1. The molecule has 1 saturated heterocycles. The highest BCUT2D eigenvalue weighted by molar-refractivity contribution is 6.42. The number of hydrogen-bond donors (Lipinski definition) is 2. The number of hydrogen-bond acceptors (Lipinski definition) is 4. The van der Waals surface area contributed by atoms with Gasteiger partial charge in [-0.25, -0.2) is 9.98 Å². The molecule has 2 aromatic carbocycles. The molecule has 7 nitrogen and oxygen atoms in total. The van der Waals surface area contributed by atoms with E-state index in [1.54, 1.807) is 17.0 Å². The fourth-order valence-electron chi connectivity index (χ4n) is 7.61. The van der Waals surface area contributed by atoms with Crippen molar-refractivity contribution in [3.8, 4) is 0 Å². The molecule has 1 aliphatic heterocycles. The molecule has 0 spiro atoms. The molecule has 1 unspecified atom stereocenters. The average molecular weight is 610 g/mol. The number of piperazine rings is 1. The molecular formula is C33H42Cl2N6O. The normalized spacial score (nSPS) is 28.9. The van der Waals surface area contributed by atoms with Crippen LogP contribution in [0.5, 0.6) is 0 Å². The SMILES string of the molecule is C[C@@H]1[C@@H](N=C(Nc2ccc3c(=O)n(CCc4ccc(Cl)c(Cl)c4)cnc3c2)N2C[C@@H](C)N[C@@H](C)C2)CC2C[C@H]1C2(C)C. The molecule has 0 amide bonds. The Bertz CT molecular complexity index is 1560. The number of fused-ring (bicyclic) bond motifs is 3. The Kier molecular flexibility index (Phi) is 8.05. The van der Waals surface area contributed by atoms with E-state index in [1.165, 1.54) is 6.42 Å². The van der Waals surface area contributed by atoms with Crippen LogP contribution in [0, 0.1) is 23.2 Å². The Morgan fingerprint density at radius 1 is 1.07 bits per heavy atom. The fraction of sp³-hybridized carbons (Fsp3) is 0.545. The summed E-state index contributed by atoms with van der Waals surface area (Å²) in [4.78, 5) is 25.8. The van der Waals surface area contributed by atoms with Crippen LogP contribution in [0.15, 0.2) is 52.5 Å². The lowest BCUT2D eigenvalue weighted by molar-refractivity contribution is -0.108. The first kappa shape index (κ1) is 29.5. The van der Waals surface area contributed by atoms with Gasteiger partial charge in [0.15, 0.2) is 5.96 Å². The summed E-state index contributed by atoms with van der Waals surface area (Å²) in [5, 5.41) is 8.95. The lowest BCUT2D eigenvalue weighted by atomic mass is 9.45. The molecule has 2 bridgehead atoms. The summed E-state index contributed by atoms with van der Waals surface area (Å²) in [5.41, 5.74) is 2.96. The summed E-state index contributed by atoms with van der Waals surface area (Å²) >= 11 is 12.2. The number of nitrogens with zero attached hydrogens (tertiary/aromatic N) is 4. The van der Waals surface area contributed by atoms with E-state index >= 15 is 0 Å². The van der Waals surface area contributed by atoms with Crippen molar-refractivity contribution in [3.63, 3.8) is 0 Å². The molecule has 4 fully saturated rings. The van der Waals surface area contributed by atoms with Gasteiger partial charge in [-0.2, -0.15) is 0 Å². The van der Waals surface area contributed by atoms with Crippen LogP contribution in [0.25, 0.3) is 10.9 Å². The number of nitrogens with one attached hydrogen (secondary N) is 2. The van der Waals surface area contributed by atoms with Crippen LogP contribution < -0.4 is 16.2 Å². The van der Waals surface area contributed by atoms with Crippen molar-refractivity contribution in [2.45, 2.75) is 78.6 Å². The summed E-state index contributed by atoms with van der Waals surface area (Å²) in [5.74, 6) is 2.97. The molecule has 2 heterocycles. The molecular weight excluding hydrogens is 567 g/mol. The highest BCUT2D eigenvalue weighted by Crippen LogP contribution is 2.61. The molecule has 4 aliphatic rings. The van der Waals surface area contributed by atoms with E-state index in [4.69, 9.17) is 28.2 Å². The molecule has 3 aromatic rings. The number of aliphatic imine (C=N–C) groups is 1. The van der Waals surface area contributed by atoms with Crippen molar-refractivity contribution in [3.05, 3.63) is 68.7 Å². The number of benzene rings is 2. The summed E-state index contributed by atoms with van der Waals surface area (Å²) in [6.45, 7) is 14.0. The van der Waals surface area contributed by atoms with Gasteiger partial charge in [-0.15, -0.1) is 0 Å². The minimum absolute atomic E-state index is 0.0527. The van der Waals surface area contributed by atoms with Crippen LogP contribution in [-0.2, 0) is 13.0 Å². The van der Waals surface area contributed by atoms with Gasteiger partial charge in [0.25, 0.3) is 5.56 Å². The van der Waals surface area contributed by atoms with E-state index in [0.717, 1.165) is 48.6 Å². The van der Waals surface area contributed by atoms with Crippen LogP contribution in [0.4, 0.5) is 5.69 Å². The minimum Gasteiger partial charge on any atom is -0.340 e. The molecule has 0 radical (unpaired) electrons. The van der Waals surface area contributed by atoms with E-state index in [0.29, 0.717) is 63.4 Å².